The molecule has 0 radical (unpaired) electrons. The Balaban J connectivity index is 2.21. The van der Waals surface area contributed by atoms with E-state index in [2.05, 4.69) is 24.3 Å². The van der Waals surface area contributed by atoms with Crippen molar-refractivity contribution in [2.24, 2.45) is 0 Å². The van der Waals surface area contributed by atoms with E-state index in [1.54, 1.807) is 0 Å². The largest absolute Gasteiger partial charge is 0.300 e. The van der Waals surface area contributed by atoms with Crippen molar-refractivity contribution in [1.29, 1.82) is 0 Å². The predicted octanol–water partition coefficient (Wildman–Crippen LogP) is 6.53. The van der Waals surface area contributed by atoms with E-state index in [1.165, 1.54) is 64.2 Å². The van der Waals surface area contributed by atoms with Gasteiger partial charge in [0.1, 0.15) is 5.78 Å². The highest BCUT2D eigenvalue weighted by Crippen LogP contribution is 2.13. The standard InChI is InChI=1S/C20H34O/c21-20-18-16-14-12-10-8-6-4-2-1-3-5-7-9-11-13-15-17-19-20/h6,8,10,12H,1-5,7,9,11,13-19H2/b8-6-,12-10-. The van der Waals surface area contributed by atoms with Crippen LogP contribution in [0.3, 0.4) is 0 Å². The Labute approximate surface area is 131 Å². The fourth-order valence-corrected chi connectivity index (χ4v) is 2.89. The number of carbonyl (C=O) groups excluding carboxylic acids is 1. The van der Waals surface area contributed by atoms with Crippen LogP contribution in [-0.4, -0.2) is 5.78 Å². The number of Topliss-reactive ketones (excluding diaryl/α,β-unsaturated/α-hetero) is 1. The second-order valence-corrected chi connectivity index (χ2v) is 6.36. The van der Waals surface area contributed by atoms with Crippen LogP contribution in [0.5, 0.6) is 0 Å². The molecule has 21 heavy (non-hydrogen) atoms. The molecular weight excluding hydrogens is 256 g/mol. The van der Waals surface area contributed by atoms with Crippen LogP contribution < -0.4 is 0 Å². The number of rotatable bonds is 0. The molecule has 0 bridgehead atoms. The lowest BCUT2D eigenvalue weighted by Crippen LogP contribution is -1.97. The second kappa shape index (κ2) is 14.1. The quantitative estimate of drug-likeness (QED) is 0.495. The maximum Gasteiger partial charge on any atom is 0.132 e. The monoisotopic (exact) mass is 290 g/mol. The zero-order valence-corrected chi connectivity index (χ0v) is 13.8. The van der Waals surface area contributed by atoms with E-state index in [1.807, 2.05) is 0 Å². The van der Waals surface area contributed by atoms with Crippen molar-refractivity contribution >= 4 is 5.78 Å². The molecule has 1 nitrogen and oxygen atoms in total. The molecule has 0 unspecified atom stereocenters. The fraction of sp³-hybridized carbons (Fsp3) is 0.750. The van der Waals surface area contributed by atoms with Crippen molar-refractivity contribution in [3.8, 4) is 0 Å². The first-order valence-electron chi connectivity index (χ1n) is 9.23. The highest BCUT2D eigenvalue weighted by atomic mass is 16.1. The molecule has 0 saturated carbocycles. The Morgan fingerprint density at radius 2 is 0.952 bits per heavy atom. The van der Waals surface area contributed by atoms with Gasteiger partial charge in [0.15, 0.2) is 0 Å². The number of ketones is 1. The topological polar surface area (TPSA) is 17.1 Å². The minimum Gasteiger partial charge on any atom is -0.300 e. The molecule has 0 heterocycles. The average Bonchev–Trinajstić information content (AvgIpc) is 2.48. The summed E-state index contributed by atoms with van der Waals surface area (Å²) in [6, 6.07) is 0. The van der Waals surface area contributed by atoms with Gasteiger partial charge in [0, 0.05) is 12.8 Å². The first kappa shape index (κ1) is 18.2. The summed E-state index contributed by atoms with van der Waals surface area (Å²) in [5.74, 6) is 0.466. The number of carbonyl (C=O) groups is 1. The molecule has 1 heteroatoms. The minimum atomic E-state index is 0.466. The third kappa shape index (κ3) is 12.6. The molecule has 0 aromatic rings. The number of hydrogen-bond acceptors (Lipinski definition) is 1. The maximum atomic E-state index is 11.7. The molecule has 1 aliphatic rings. The molecule has 0 N–H and O–H groups in total. The van der Waals surface area contributed by atoms with E-state index < -0.39 is 0 Å². The van der Waals surface area contributed by atoms with Gasteiger partial charge >= 0.3 is 0 Å². The van der Waals surface area contributed by atoms with Gasteiger partial charge in [0.2, 0.25) is 0 Å². The number of hydrogen-bond donors (Lipinski definition) is 0. The van der Waals surface area contributed by atoms with Crippen LogP contribution in [0.2, 0.25) is 0 Å². The SMILES string of the molecule is O=C1CCC/C=C\C=C/CCCCCCCCCCCC1. The van der Waals surface area contributed by atoms with E-state index in [9.17, 15) is 4.79 Å². The molecule has 1 rings (SSSR count). The molecule has 120 valence electrons. The molecule has 0 aromatic carbocycles. The van der Waals surface area contributed by atoms with Crippen molar-refractivity contribution in [3.05, 3.63) is 24.3 Å². The highest BCUT2D eigenvalue weighted by Gasteiger charge is 2.01. The van der Waals surface area contributed by atoms with Gasteiger partial charge in [0.25, 0.3) is 0 Å². The van der Waals surface area contributed by atoms with Gasteiger partial charge in [-0.3, -0.25) is 4.79 Å². The summed E-state index contributed by atoms with van der Waals surface area (Å²) in [7, 11) is 0. The Morgan fingerprint density at radius 3 is 1.57 bits per heavy atom. The minimum absolute atomic E-state index is 0.466. The van der Waals surface area contributed by atoms with E-state index in [4.69, 9.17) is 0 Å². The molecule has 0 aliphatic heterocycles. The van der Waals surface area contributed by atoms with Gasteiger partial charge in [-0.25, -0.2) is 0 Å². The van der Waals surface area contributed by atoms with Gasteiger partial charge in [0.05, 0.1) is 0 Å². The maximum absolute atomic E-state index is 11.7. The summed E-state index contributed by atoms with van der Waals surface area (Å²) in [6.45, 7) is 0. The van der Waals surface area contributed by atoms with E-state index >= 15 is 0 Å². The first-order chi connectivity index (χ1) is 10.4. The van der Waals surface area contributed by atoms with Crippen LogP contribution >= 0.6 is 0 Å². The average molecular weight is 290 g/mol. The second-order valence-electron chi connectivity index (χ2n) is 6.36. The zero-order valence-electron chi connectivity index (χ0n) is 13.8. The van der Waals surface area contributed by atoms with Crippen molar-refractivity contribution < 1.29 is 4.79 Å². The van der Waals surface area contributed by atoms with Crippen molar-refractivity contribution in [1.82, 2.24) is 0 Å². The molecule has 0 spiro atoms. The van der Waals surface area contributed by atoms with Crippen molar-refractivity contribution in [3.63, 3.8) is 0 Å². The van der Waals surface area contributed by atoms with Crippen LogP contribution in [-0.2, 0) is 4.79 Å². The van der Waals surface area contributed by atoms with E-state index in [0.717, 1.165) is 32.1 Å². The van der Waals surface area contributed by atoms with Crippen molar-refractivity contribution in [2.75, 3.05) is 0 Å². The molecule has 0 atom stereocenters. The van der Waals surface area contributed by atoms with Gasteiger partial charge in [-0.05, 0) is 32.1 Å². The Kier molecular flexibility index (Phi) is 12.2. The van der Waals surface area contributed by atoms with E-state index in [-0.39, 0.29) is 0 Å². The Hall–Kier alpha value is -0.850. The number of allylic oxidation sites excluding steroid dienone is 4. The molecular formula is C20H34O. The Morgan fingerprint density at radius 1 is 0.524 bits per heavy atom. The van der Waals surface area contributed by atoms with Crippen LogP contribution in [0.1, 0.15) is 96.3 Å². The normalized spacial score (nSPS) is 25.0. The summed E-state index contributed by atoms with van der Waals surface area (Å²) in [5, 5.41) is 0. The predicted molar refractivity (Wildman–Crippen MR) is 92.5 cm³/mol. The summed E-state index contributed by atoms with van der Waals surface area (Å²) >= 11 is 0. The molecule has 0 aromatic heterocycles. The van der Waals surface area contributed by atoms with Crippen LogP contribution in [0, 0.1) is 0 Å². The van der Waals surface area contributed by atoms with Crippen LogP contribution in [0.4, 0.5) is 0 Å². The first-order valence-corrected chi connectivity index (χ1v) is 9.23. The summed E-state index contributed by atoms with van der Waals surface area (Å²) in [5.41, 5.74) is 0. The molecule has 0 amide bonds. The van der Waals surface area contributed by atoms with Crippen LogP contribution in [0.25, 0.3) is 0 Å². The summed E-state index contributed by atoms with van der Waals surface area (Å²) in [6.07, 6.45) is 27.0. The molecule has 1 aliphatic carbocycles. The molecule has 0 fully saturated rings. The lowest BCUT2D eigenvalue weighted by atomic mass is 10.0. The van der Waals surface area contributed by atoms with Gasteiger partial charge in [-0.15, -0.1) is 0 Å². The van der Waals surface area contributed by atoms with Gasteiger partial charge < -0.3 is 0 Å². The summed E-state index contributed by atoms with van der Waals surface area (Å²) in [4.78, 5) is 11.7. The third-order valence-corrected chi connectivity index (χ3v) is 4.29. The smallest absolute Gasteiger partial charge is 0.132 e. The fourth-order valence-electron chi connectivity index (χ4n) is 2.89. The van der Waals surface area contributed by atoms with Gasteiger partial charge in [-0.1, -0.05) is 75.7 Å². The third-order valence-electron chi connectivity index (χ3n) is 4.29. The Bertz CT molecular complexity index is 301. The summed E-state index contributed by atoms with van der Waals surface area (Å²) < 4.78 is 0. The van der Waals surface area contributed by atoms with Crippen molar-refractivity contribution in [2.45, 2.75) is 96.3 Å². The van der Waals surface area contributed by atoms with Gasteiger partial charge in [-0.2, -0.15) is 0 Å². The lowest BCUT2D eigenvalue weighted by molar-refractivity contribution is -0.119. The van der Waals surface area contributed by atoms with Crippen LogP contribution in [0.15, 0.2) is 24.3 Å². The van der Waals surface area contributed by atoms with E-state index in [0.29, 0.717) is 5.78 Å². The highest BCUT2D eigenvalue weighted by molar-refractivity contribution is 5.78. The zero-order chi connectivity index (χ0) is 15.0. The molecule has 0 saturated heterocycles. The lowest BCUT2D eigenvalue weighted by Gasteiger charge is -2.03.